The molecule has 172 valence electrons. The highest BCUT2D eigenvalue weighted by Crippen LogP contribution is 2.24. The molecule has 2 aromatic carbocycles. The van der Waals surface area contributed by atoms with Crippen LogP contribution in [0.5, 0.6) is 5.75 Å². The third-order valence-corrected chi connectivity index (χ3v) is 6.06. The van der Waals surface area contributed by atoms with E-state index in [4.69, 9.17) is 9.47 Å². The van der Waals surface area contributed by atoms with Crippen LogP contribution in [0.4, 0.5) is 0 Å². The average Bonchev–Trinajstić information content (AvgIpc) is 2.84. The minimum absolute atomic E-state index is 0.0613. The van der Waals surface area contributed by atoms with Crippen LogP contribution in [0.3, 0.4) is 0 Å². The van der Waals surface area contributed by atoms with E-state index in [2.05, 4.69) is 12.2 Å². The molecular weight excluding hydrogens is 404 g/mol. The molecule has 0 aliphatic carbocycles. The molecule has 1 heterocycles. The number of benzene rings is 2. The van der Waals surface area contributed by atoms with E-state index in [-0.39, 0.29) is 23.8 Å². The molecule has 32 heavy (non-hydrogen) atoms. The van der Waals surface area contributed by atoms with Crippen molar-refractivity contribution in [2.24, 2.45) is 0 Å². The third kappa shape index (κ3) is 6.33. The predicted octanol–water partition coefficient (Wildman–Crippen LogP) is 3.90. The van der Waals surface area contributed by atoms with E-state index < -0.39 is 6.10 Å². The molecule has 6 nitrogen and oxygen atoms in total. The number of amides is 2. The summed E-state index contributed by atoms with van der Waals surface area (Å²) in [5.41, 5.74) is 2.03. The van der Waals surface area contributed by atoms with Crippen LogP contribution in [-0.4, -0.2) is 49.1 Å². The smallest absolute Gasteiger partial charge is 0.249 e. The van der Waals surface area contributed by atoms with Gasteiger partial charge in [0.2, 0.25) is 11.8 Å². The van der Waals surface area contributed by atoms with Gasteiger partial charge in [-0.1, -0.05) is 49.4 Å². The second-order valence-corrected chi connectivity index (χ2v) is 8.28. The van der Waals surface area contributed by atoms with Crippen LogP contribution in [-0.2, 0) is 20.9 Å². The molecule has 2 aromatic rings. The lowest BCUT2D eigenvalue weighted by molar-refractivity contribution is -0.135. The summed E-state index contributed by atoms with van der Waals surface area (Å²) < 4.78 is 11.0. The van der Waals surface area contributed by atoms with Gasteiger partial charge >= 0.3 is 0 Å². The normalized spacial score (nSPS) is 16.3. The van der Waals surface area contributed by atoms with Crippen molar-refractivity contribution in [3.63, 3.8) is 0 Å². The fourth-order valence-electron chi connectivity index (χ4n) is 4.08. The zero-order valence-corrected chi connectivity index (χ0v) is 19.3. The number of nitrogens with zero attached hydrogens (tertiary/aromatic N) is 1. The molecule has 0 bridgehead atoms. The minimum atomic E-state index is -0.552. The standard InChI is InChI=1S/C26H34N2O4/c1-4-24(21-10-6-5-7-11-21)26(30)28-15-13-22(14-16-28)27-25(29)19(2)32-18-20-9-8-12-23(17-20)31-3/h5-12,17,19,22,24H,4,13-16,18H2,1-3H3,(H,27,29). The summed E-state index contributed by atoms with van der Waals surface area (Å²) in [6, 6.07) is 17.6. The average molecular weight is 439 g/mol. The molecule has 1 aliphatic heterocycles. The van der Waals surface area contributed by atoms with Gasteiger partial charge in [0, 0.05) is 19.1 Å². The highest BCUT2D eigenvalue weighted by Gasteiger charge is 2.29. The zero-order valence-electron chi connectivity index (χ0n) is 19.3. The van der Waals surface area contributed by atoms with Gasteiger partial charge in [-0.15, -0.1) is 0 Å². The van der Waals surface area contributed by atoms with Crippen molar-refractivity contribution < 1.29 is 19.1 Å². The van der Waals surface area contributed by atoms with Gasteiger partial charge in [-0.2, -0.15) is 0 Å². The maximum absolute atomic E-state index is 13.0. The van der Waals surface area contributed by atoms with E-state index in [0.29, 0.717) is 19.7 Å². The topological polar surface area (TPSA) is 67.9 Å². The van der Waals surface area contributed by atoms with Crippen molar-refractivity contribution in [2.45, 2.75) is 57.8 Å². The molecule has 1 saturated heterocycles. The number of rotatable bonds is 9. The number of hydrogen-bond donors (Lipinski definition) is 1. The first-order valence-electron chi connectivity index (χ1n) is 11.4. The Labute approximate surface area is 190 Å². The number of hydrogen-bond acceptors (Lipinski definition) is 4. The molecule has 6 heteroatoms. The van der Waals surface area contributed by atoms with Gasteiger partial charge in [0.1, 0.15) is 11.9 Å². The summed E-state index contributed by atoms with van der Waals surface area (Å²) >= 11 is 0. The van der Waals surface area contributed by atoms with Crippen molar-refractivity contribution in [3.8, 4) is 5.75 Å². The lowest BCUT2D eigenvalue weighted by Gasteiger charge is -2.35. The first kappa shape index (κ1) is 23.8. The van der Waals surface area contributed by atoms with Crippen LogP contribution in [0.1, 0.15) is 50.2 Å². The van der Waals surface area contributed by atoms with Crippen LogP contribution in [0.25, 0.3) is 0 Å². The molecule has 3 rings (SSSR count). The van der Waals surface area contributed by atoms with Gasteiger partial charge in [0.05, 0.1) is 19.6 Å². The third-order valence-electron chi connectivity index (χ3n) is 6.06. The Kier molecular flexibility index (Phi) is 8.68. The van der Waals surface area contributed by atoms with Crippen LogP contribution in [0.15, 0.2) is 54.6 Å². The second-order valence-electron chi connectivity index (χ2n) is 8.28. The molecule has 0 spiro atoms. The number of carbonyl (C=O) groups excluding carboxylic acids is 2. The number of ether oxygens (including phenoxy) is 2. The Balaban J connectivity index is 1.44. The first-order chi connectivity index (χ1) is 15.5. The van der Waals surface area contributed by atoms with Gasteiger partial charge in [0.15, 0.2) is 0 Å². The van der Waals surface area contributed by atoms with Crippen LogP contribution in [0, 0.1) is 0 Å². The summed E-state index contributed by atoms with van der Waals surface area (Å²) in [6.45, 7) is 5.48. The van der Waals surface area contributed by atoms with E-state index in [9.17, 15) is 9.59 Å². The minimum Gasteiger partial charge on any atom is -0.497 e. The molecule has 2 amide bonds. The fraction of sp³-hybridized carbons (Fsp3) is 0.462. The maximum Gasteiger partial charge on any atom is 0.249 e. The summed E-state index contributed by atoms with van der Waals surface area (Å²) in [4.78, 5) is 27.5. The molecular formula is C26H34N2O4. The molecule has 0 aromatic heterocycles. The van der Waals surface area contributed by atoms with E-state index in [0.717, 1.165) is 36.1 Å². The van der Waals surface area contributed by atoms with Crippen LogP contribution < -0.4 is 10.1 Å². The van der Waals surface area contributed by atoms with Crippen LogP contribution in [0.2, 0.25) is 0 Å². The van der Waals surface area contributed by atoms with Gasteiger partial charge in [0.25, 0.3) is 0 Å². The molecule has 1 fully saturated rings. The van der Waals surface area contributed by atoms with Crippen molar-refractivity contribution >= 4 is 11.8 Å². The monoisotopic (exact) mass is 438 g/mol. The predicted molar refractivity (Wildman–Crippen MR) is 124 cm³/mol. The van der Waals surface area contributed by atoms with Gasteiger partial charge in [-0.3, -0.25) is 9.59 Å². The molecule has 2 unspecified atom stereocenters. The number of carbonyl (C=O) groups is 2. The van der Waals surface area contributed by atoms with E-state index in [1.807, 2.05) is 59.5 Å². The molecule has 2 atom stereocenters. The Morgan fingerprint density at radius 2 is 1.81 bits per heavy atom. The Morgan fingerprint density at radius 1 is 1.09 bits per heavy atom. The lowest BCUT2D eigenvalue weighted by atomic mass is 9.93. The SMILES string of the molecule is CCC(C(=O)N1CCC(NC(=O)C(C)OCc2cccc(OC)c2)CC1)c1ccccc1. The fourth-order valence-corrected chi connectivity index (χ4v) is 4.08. The Morgan fingerprint density at radius 3 is 2.47 bits per heavy atom. The van der Waals surface area contributed by atoms with Gasteiger partial charge in [-0.05, 0) is 49.4 Å². The highest BCUT2D eigenvalue weighted by atomic mass is 16.5. The van der Waals surface area contributed by atoms with Crippen molar-refractivity contribution in [2.75, 3.05) is 20.2 Å². The summed E-state index contributed by atoms with van der Waals surface area (Å²) in [5, 5.41) is 3.09. The summed E-state index contributed by atoms with van der Waals surface area (Å²) in [6.07, 6.45) is 1.74. The molecule has 1 N–H and O–H groups in total. The quantitative estimate of drug-likeness (QED) is 0.645. The van der Waals surface area contributed by atoms with Gasteiger partial charge < -0.3 is 19.7 Å². The van der Waals surface area contributed by atoms with Crippen LogP contribution >= 0.6 is 0 Å². The van der Waals surface area contributed by atoms with E-state index in [1.54, 1.807) is 14.0 Å². The number of likely N-dealkylation sites (tertiary alicyclic amines) is 1. The summed E-state index contributed by atoms with van der Waals surface area (Å²) in [5.74, 6) is 0.723. The molecule has 0 saturated carbocycles. The number of nitrogens with one attached hydrogen (secondary N) is 1. The van der Waals surface area contributed by atoms with Crippen molar-refractivity contribution in [1.29, 1.82) is 0 Å². The second kappa shape index (κ2) is 11.7. The Bertz CT molecular complexity index is 878. The summed E-state index contributed by atoms with van der Waals surface area (Å²) in [7, 11) is 1.62. The highest BCUT2D eigenvalue weighted by molar-refractivity contribution is 5.84. The molecule has 1 aliphatic rings. The maximum atomic E-state index is 13.0. The van der Waals surface area contributed by atoms with Crippen molar-refractivity contribution in [3.05, 3.63) is 65.7 Å². The Hall–Kier alpha value is -2.86. The lowest BCUT2D eigenvalue weighted by Crippen LogP contribution is -2.49. The van der Waals surface area contributed by atoms with E-state index >= 15 is 0 Å². The number of piperidine rings is 1. The van der Waals surface area contributed by atoms with E-state index in [1.165, 1.54) is 0 Å². The zero-order chi connectivity index (χ0) is 22.9. The van der Waals surface area contributed by atoms with Gasteiger partial charge in [-0.25, -0.2) is 0 Å². The number of methoxy groups -OCH3 is 1. The largest absolute Gasteiger partial charge is 0.497 e. The first-order valence-corrected chi connectivity index (χ1v) is 11.4. The van der Waals surface area contributed by atoms with Crippen molar-refractivity contribution in [1.82, 2.24) is 10.2 Å². The molecule has 0 radical (unpaired) electrons.